The fourth-order valence-corrected chi connectivity index (χ4v) is 3.24. The van der Waals surface area contributed by atoms with Crippen LogP contribution in [0.2, 0.25) is 0 Å². The average Bonchev–Trinajstić information content (AvgIpc) is 2.94. The molecule has 1 aromatic heterocycles. The van der Waals surface area contributed by atoms with Crippen LogP contribution in [-0.4, -0.2) is 24.3 Å². The number of nitrogens with zero attached hydrogens (tertiary/aromatic N) is 3. The van der Waals surface area contributed by atoms with E-state index >= 15 is 0 Å². The van der Waals surface area contributed by atoms with Crippen molar-refractivity contribution in [2.24, 2.45) is 11.0 Å². The number of rotatable bonds is 4. The molecule has 1 aliphatic rings. The number of aryl methyl sites for hydroxylation is 1. The van der Waals surface area contributed by atoms with Gasteiger partial charge in [-0.15, -0.1) is 11.3 Å². The first-order valence-corrected chi connectivity index (χ1v) is 8.65. The van der Waals surface area contributed by atoms with E-state index < -0.39 is 0 Å². The lowest BCUT2D eigenvalue weighted by Crippen LogP contribution is -2.32. The van der Waals surface area contributed by atoms with Crippen molar-refractivity contribution in [2.75, 3.05) is 23.4 Å². The zero-order chi connectivity index (χ0) is 15.4. The Bertz CT molecular complexity index is 624. The molecule has 3 rings (SSSR count). The predicted molar refractivity (Wildman–Crippen MR) is 95.1 cm³/mol. The van der Waals surface area contributed by atoms with Gasteiger partial charge < -0.3 is 4.90 Å². The van der Waals surface area contributed by atoms with Gasteiger partial charge in [0.2, 0.25) is 5.13 Å². The molecule has 2 heterocycles. The Kier molecular flexibility index (Phi) is 4.73. The van der Waals surface area contributed by atoms with Crippen LogP contribution in [0.25, 0.3) is 0 Å². The van der Waals surface area contributed by atoms with Crippen LogP contribution in [-0.2, 0) is 0 Å². The van der Waals surface area contributed by atoms with Crippen molar-refractivity contribution in [2.45, 2.75) is 26.7 Å². The number of hydrogen-bond donors (Lipinski definition) is 1. The molecule has 0 saturated carbocycles. The van der Waals surface area contributed by atoms with E-state index in [1.54, 1.807) is 11.3 Å². The molecular formula is C17H22N4S. The van der Waals surface area contributed by atoms with E-state index in [0.717, 1.165) is 22.3 Å². The van der Waals surface area contributed by atoms with E-state index in [-0.39, 0.29) is 0 Å². The maximum Gasteiger partial charge on any atom is 0.203 e. The number of aromatic nitrogens is 1. The second kappa shape index (κ2) is 6.92. The van der Waals surface area contributed by atoms with Crippen LogP contribution in [0.4, 0.5) is 10.8 Å². The molecule has 5 heteroatoms. The number of hydrazone groups is 1. The lowest BCUT2D eigenvalue weighted by molar-refractivity contribution is 0.438. The number of nitrogens with one attached hydrogen (secondary N) is 1. The summed E-state index contributed by atoms with van der Waals surface area (Å²) in [5.41, 5.74) is 6.38. The van der Waals surface area contributed by atoms with Gasteiger partial charge >= 0.3 is 0 Å². The highest BCUT2D eigenvalue weighted by molar-refractivity contribution is 7.13. The summed E-state index contributed by atoms with van der Waals surface area (Å²) >= 11 is 1.56. The first kappa shape index (κ1) is 15.0. The van der Waals surface area contributed by atoms with Gasteiger partial charge in [0.05, 0.1) is 11.9 Å². The summed E-state index contributed by atoms with van der Waals surface area (Å²) in [5, 5.41) is 7.07. The highest BCUT2D eigenvalue weighted by Crippen LogP contribution is 2.23. The first-order chi connectivity index (χ1) is 10.7. The van der Waals surface area contributed by atoms with Gasteiger partial charge in [0.15, 0.2) is 0 Å². The summed E-state index contributed by atoms with van der Waals surface area (Å²) in [6.45, 7) is 6.65. The number of hydrogen-bond acceptors (Lipinski definition) is 5. The maximum absolute atomic E-state index is 4.31. The molecule has 116 valence electrons. The molecular weight excluding hydrogens is 292 g/mol. The van der Waals surface area contributed by atoms with Gasteiger partial charge in [0, 0.05) is 24.2 Å². The van der Waals surface area contributed by atoms with Gasteiger partial charge in [-0.05, 0) is 43.4 Å². The molecule has 0 bridgehead atoms. The number of benzene rings is 1. The first-order valence-electron chi connectivity index (χ1n) is 7.77. The van der Waals surface area contributed by atoms with Crippen LogP contribution in [0, 0.1) is 12.8 Å². The standard InChI is InChI=1S/C17H22N4S/c1-13-7-9-21(10-8-13)16-5-3-15(4-6-16)11-18-20-17-19-14(2)12-22-17/h3-6,11-13H,7-10H2,1-2H3,(H,19,20). The number of anilines is 2. The molecule has 1 fully saturated rings. The molecule has 0 aliphatic carbocycles. The third kappa shape index (κ3) is 3.85. The summed E-state index contributed by atoms with van der Waals surface area (Å²) < 4.78 is 0. The van der Waals surface area contributed by atoms with Crippen LogP contribution in [0.1, 0.15) is 31.0 Å². The average molecular weight is 314 g/mol. The fraction of sp³-hybridized carbons (Fsp3) is 0.412. The van der Waals surface area contributed by atoms with Crippen molar-refractivity contribution >= 4 is 28.4 Å². The maximum atomic E-state index is 4.31. The molecule has 1 saturated heterocycles. The molecule has 1 aliphatic heterocycles. The van der Waals surface area contributed by atoms with Gasteiger partial charge in [-0.1, -0.05) is 19.1 Å². The van der Waals surface area contributed by atoms with Crippen LogP contribution in [0.15, 0.2) is 34.7 Å². The SMILES string of the molecule is Cc1csc(NN=Cc2ccc(N3CCC(C)CC3)cc2)n1. The van der Waals surface area contributed by atoms with Crippen molar-refractivity contribution in [3.63, 3.8) is 0 Å². The number of piperidine rings is 1. The summed E-state index contributed by atoms with van der Waals surface area (Å²) in [6, 6.07) is 8.60. The zero-order valence-corrected chi connectivity index (χ0v) is 13.9. The smallest absolute Gasteiger partial charge is 0.203 e. The second-order valence-electron chi connectivity index (χ2n) is 5.93. The van der Waals surface area contributed by atoms with E-state index in [1.165, 1.54) is 31.6 Å². The molecule has 2 aromatic rings. The van der Waals surface area contributed by atoms with Gasteiger partial charge in [0.1, 0.15) is 0 Å². The Labute approximate surface area is 135 Å². The monoisotopic (exact) mass is 314 g/mol. The van der Waals surface area contributed by atoms with Gasteiger partial charge in [-0.2, -0.15) is 5.10 Å². The molecule has 0 radical (unpaired) electrons. The summed E-state index contributed by atoms with van der Waals surface area (Å²) in [6.07, 6.45) is 4.42. The van der Waals surface area contributed by atoms with Crippen molar-refractivity contribution < 1.29 is 0 Å². The van der Waals surface area contributed by atoms with Crippen molar-refractivity contribution in [1.82, 2.24) is 4.98 Å². The Morgan fingerprint density at radius 2 is 2.00 bits per heavy atom. The highest BCUT2D eigenvalue weighted by atomic mass is 32.1. The molecule has 0 atom stereocenters. The minimum absolute atomic E-state index is 0.827. The van der Waals surface area contributed by atoms with Crippen LogP contribution >= 0.6 is 11.3 Å². The third-order valence-electron chi connectivity index (χ3n) is 4.03. The third-order valence-corrected chi connectivity index (χ3v) is 4.90. The Balaban J connectivity index is 1.57. The van der Waals surface area contributed by atoms with Gasteiger partial charge in [-0.25, -0.2) is 4.98 Å². The van der Waals surface area contributed by atoms with E-state index in [0.29, 0.717) is 0 Å². The molecule has 22 heavy (non-hydrogen) atoms. The highest BCUT2D eigenvalue weighted by Gasteiger charge is 2.15. The molecule has 1 N–H and O–H groups in total. The van der Waals surface area contributed by atoms with Gasteiger partial charge in [0.25, 0.3) is 0 Å². The number of thiazole rings is 1. The Hall–Kier alpha value is -1.88. The second-order valence-corrected chi connectivity index (χ2v) is 6.78. The quantitative estimate of drug-likeness (QED) is 0.681. The molecule has 0 amide bonds. The predicted octanol–water partition coefficient (Wildman–Crippen LogP) is 4.13. The normalized spacial score (nSPS) is 16.4. The molecule has 1 aromatic carbocycles. The fourth-order valence-electron chi connectivity index (χ4n) is 2.61. The summed E-state index contributed by atoms with van der Waals surface area (Å²) in [5.74, 6) is 0.864. The minimum atomic E-state index is 0.827. The Morgan fingerprint density at radius 1 is 1.27 bits per heavy atom. The van der Waals surface area contributed by atoms with Gasteiger partial charge in [-0.3, -0.25) is 5.43 Å². The van der Waals surface area contributed by atoms with E-state index in [2.05, 4.69) is 51.6 Å². The Morgan fingerprint density at radius 3 is 2.64 bits per heavy atom. The van der Waals surface area contributed by atoms with E-state index in [9.17, 15) is 0 Å². The zero-order valence-electron chi connectivity index (χ0n) is 13.1. The van der Waals surface area contributed by atoms with E-state index in [1.807, 2.05) is 18.5 Å². The van der Waals surface area contributed by atoms with Crippen molar-refractivity contribution in [3.8, 4) is 0 Å². The molecule has 4 nitrogen and oxygen atoms in total. The van der Waals surface area contributed by atoms with E-state index in [4.69, 9.17) is 0 Å². The lowest BCUT2D eigenvalue weighted by atomic mass is 9.99. The van der Waals surface area contributed by atoms with Crippen molar-refractivity contribution in [3.05, 3.63) is 40.9 Å². The summed E-state index contributed by atoms with van der Waals surface area (Å²) in [4.78, 5) is 6.78. The van der Waals surface area contributed by atoms with Crippen LogP contribution in [0.3, 0.4) is 0 Å². The largest absolute Gasteiger partial charge is 0.372 e. The molecule has 0 spiro atoms. The van der Waals surface area contributed by atoms with Crippen LogP contribution < -0.4 is 10.3 Å². The molecule has 0 unspecified atom stereocenters. The van der Waals surface area contributed by atoms with Crippen molar-refractivity contribution in [1.29, 1.82) is 0 Å². The topological polar surface area (TPSA) is 40.5 Å². The summed E-state index contributed by atoms with van der Waals surface area (Å²) in [7, 11) is 0. The lowest BCUT2D eigenvalue weighted by Gasteiger charge is -2.32. The van der Waals surface area contributed by atoms with Crippen LogP contribution in [0.5, 0.6) is 0 Å². The minimum Gasteiger partial charge on any atom is -0.372 e.